The van der Waals surface area contributed by atoms with E-state index in [-0.39, 0.29) is 12.2 Å². The monoisotopic (exact) mass is 483 g/mol. The van der Waals surface area contributed by atoms with Crippen molar-refractivity contribution in [2.45, 2.75) is 30.5 Å². The van der Waals surface area contributed by atoms with Crippen LogP contribution in [0.2, 0.25) is 0 Å². The van der Waals surface area contributed by atoms with Crippen LogP contribution in [0.3, 0.4) is 0 Å². The van der Waals surface area contributed by atoms with E-state index in [2.05, 4.69) is 13.8 Å². The van der Waals surface area contributed by atoms with Gasteiger partial charge < -0.3 is 35.2 Å². The lowest BCUT2D eigenvalue weighted by Gasteiger charge is -2.21. The van der Waals surface area contributed by atoms with E-state index in [0.717, 1.165) is 4.57 Å². The number of aromatic nitrogens is 2. The van der Waals surface area contributed by atoms with Crippen LogP contribution in [0.1, 0.15) is 12.6 Å². The third-order valence-corrected chi connectivity index (χ3v) is 8.64. The molecule has 0 saturated carbocycles. The maximum absolute atomic E-state index is 13.3. The van der Waals surface area contributed by atoms with Crippen LogP contribution in [0.5, 0.6) is 0 Å². The minimum absolute atomic E-state index is 0.0575. The van der Waals surface area contributed by atoms with Crippen molar-refractivity contribution in [3.63, 3.8) is 0 Å². The van der Waals surface area contributed by atoms with E-state index in [1.54, 1.807) is 0 Å². The highest BCUT2D eigenvalue weighted by molar-refractivity contribution is 7.74. The number of anilines is 1. The van der Waals surface area contributed by atoms with Gasteiger partial charge in [0.15, 0.2) is 0 Å². The van der Waals surface area contributed by atoms with E-state index in [1.807, 2.05) is 0 Å². The van der Waals surface area contributed by atoms with Gasteiger partial charge in [-0.15, -0.1) is 0 Å². The summed E-state index contributed by atoms with van der Waals surface area (Å²) in [5.74, 6) is -0.0575. The first-order valence-electron chi connectivity index (χ1n) is 7.51. The number of nitrogen functional groups attached to an aromatic ring is 1. The summed E-state index contributed by atoms with van der Waals surface area (Å²) in [7, 11) is -17.2. The number of nitrogens with zero attached hydrogens (tertiary/aromatic N) is 2. The average Bonchev–Trinajstić information content (AvgIpc) is 2.91. The molecule has 2 heterocycles. The molecule has 0 aliphatic carbocycles. The molecule has 19 heteroatoms. The first kappa shape index (κ1) is 24.3. The second-order valence-corrected chi connectivity index (χ2v) is 11.3. The van der Waals surface area contributed by atoms with Gasteiger partial charge in [0.05, 0.1) is 12.7 Å². The van der Waals surface area contributed by atoms with Crippen LogP contribution in [0.4, 0.5) is 10.2 Å². The standard InChI is InChI=1S/C10H17FN3O12P3/c11-9(27(17,18)19)28(20,21)26-29(22,23)24-4-6-5(15)3-8(25-6)14-2-1-7(12)13-10(14)16/h1-2,5-6,8-9,15H,3-4H2,(H,20,21)(H,22,23)(H2,12,13,16)(H2,17,18,19)/t5-,6+,8+,9+/m0/s1. The van der Waals surface area contributed by atoms with Gasteiger partial charge in [0.1, 0.15) is 18.1 Å². The van der Waals surface area contributed by atoms with Crippen LogP contribution >= 0.6 is 23.0 Å². The van der Waals surface area contributed by atoms with Crippen molar-refractivity contribution in [3.8, 4) is 0 Å². The molecule has 166 valence electrons. The van der Waals surface area contributed by atoms with Crippen molar-refractivity contribution < 1.29 is 56.3 Å². The predicted octanol–water partition coefficient (Wildman–Crippen LogP) is -0.776. The molecule has 1 aliphatic rings. The number of ether oxygens (including phenoxy) is 1. The number of aliphatic hydroxyl groups excluding tert-OH is 1. The first-order valence-corrected chi connectivity index (χ1v) is 12.3. The number of alkyl halides is 1. The Morgan fingerprint density at radius 3 is 2.52 bits per heavy atom. The normalized spacial score (nSPS) is 27.9. The number of phosphoric acid groups is 1. The predicted molar refractivity (Wildman–Crippen MR) is 91.1 cm³/mol. The zero-order valence-corrected chi connectivity index (χ0v) is 16.8. The summed E-state index contributed by atoms with van der Waals surface area (Å²) < 4.78 is 61.5. The number of phosphoric ester groups is 1. The summed E-state index contributed by atoms with van der Waals surface area (Å²) in [6.07, 6.45) is -2.63. The molecule has 15 nitrogen and oxygen atoms in total. The fourth-order valence-electron chi connectivity index (χ4n) is 2.25. The molecular weight excluding hydrogens is 466 g/mol. The lowest BCUT2D eigenvalue weighted by molar-refractivity contribution is -0.0447. The summed E-state index contributed by atoms with van der Waals surface area (Å²) >= 11 is 0. The molecule has 1 aromatic heterocycles. The van der Waals surface area contributed by atoms with Crippen molar-refractivity contribution >= 4 is 28.8 Å². The number of aliphatic hydroxyl groups is 1. The van der Waals surface area contributed by atoms with Crippen molar-refractivity contribution in [1.82, 2.24) is 9.55 Å². The highest BCUT2D eigenvalue weighted by Crippen LogP contribution is 2.70. The number of rotatable bonds is 8. The smallest absolute Gasteiger partial charge is 0.390 e. The van der Waals surface area contributed by atoms with Gasteiger partial charge in [-0.2, -0.15) is 4.98 Å². The fraction of sp³-hybridized carbons (Fsp3) is 0.600. The summed E-state index contributed by atoms with van der Waals surface area (Å²) in [6.45, 7) is -0.921. The Labute approximate surface area is 161 Å². The summed E-state index contributed by atoms with van der Waals surface area (Å²) in [5, 5.41) is 9.95. The molecule has 2 unspecified atom stereocenters. The molecule has 0 radical (unpaired) electrons. The van der Waals surface area contributed by atoms with Crippen molar-refractivity contribution in [3.05, 3.63) is 22.7 Å². The average molecular weight is 483 g/mol. The number of hydrogen-bond acceptors (Lipinski definition) is 10. The Hall–Kier alpha value is -1.02. The van der Waals surface area contributed by atoms with Crippen molar-refractivity contribution in [1.29, 1.82) is 0 Å². The van der Waals surface area contributed by atoms with Crippen LogP contribution in [0.25, 0.3) is 0 Å². The highest BCUT2D eigenvalue weighted by Gasteiger charge is 2.51. The molecule has 0 spiro atoms. The first-order chi connectivity index (χ1) is 13.1. The van der Waals surface area contributed by atoms with Gasteiger partial charge in [-0.3, -0.25) is 18.2 Å². The zero-order chi connectivity index (χ0) is 22.2. The number of nitrogens with two attached hydrogens (primary N) is 1. The molecule has 29 heavy (non-hydrogen) atoms. The Balaban J connectivity index is 2.01. The molecule has 6 atom stereocenters. The van der Waals surface area contributed by atoms with Gasteiger partial charge in [0, 0.05) is 12.6 Å². The molecule has 7 N–H and O–H groups in total. The zero-order valence-electron chi connectivity index (χ0n) is 14.2. The molecule has 2 rings (SSSR count). The SMILES string of the molecule is Nc1ccn([C@H]2C[C@H](O)[C@@H](COP(=O)(O)OP(=O)(O)[C@H](F)P(=O)(O)O)O2)c(=O)n1. The van der Waals surface area contributed by atoms with E-state index in [4.69, 9.17) is 25.2 Å². The fourth-order valence-corrected chi connectivity index (χ4v) is 6.17. The van der Waals surface area contributed by atoms with Crippen LogP contribution in [-0.2, 0) is 27.3 Å². The number of hydrogen-bond donors (Lipinski definition) is 6. The maximum atomic E-state index is 13.3. The minimum Gasteiger partial charge on any atom is -0.390 e. The van der Waals surface area contributed by atoms with E-state index < -0.39 is 59.4 Å². The van der Waals surface area contributed by atoms with Gasteiger partial charge in [0.25, 0.3) is 5.65 Å². The third-order valence-electron chi connectivity index (χ3n) is 3.53. The van der Waals surface area contributed by atoms with Gasteiger partial charge >= 0.3 is 28.7 Å². The van der Waals surface area contributed by atoms with Gasteiger partial charge in [0.2, 0.25) is 0 Å². The van der Waals surface area contributed by atoms with E-state index in [9.17, 15) is 32.9 Å². The van der Waals surface area contributed by atoms with Gasteiger partial charge in [-0.1, -0.05) is 0 Å². The molecule has 0 amide bonds. The minimum atomic E-state index is -5.91. The van der Waals surface area contributed by atoms with Crippen LogP contribution in [0.15, 0.2) is 17.1 Å². The highest BCUT2D eigenvalue weighted by atomic mass is 31.3. The van der Waals surface area contributed by atoms with E-state index in [1.165, 1.54) is 12.3 Å². The molecule has 0 bridgehead atoms. The summed E-state index contributed by atoms with van der Waals surface area (Å²) in [6, 6.07) is 1.28. The number of halogens is 1. The quantitative estimate of drug-likeness (QED) is 0.249. The largest absolute Gasteiger partial charge is 0.479 e. The second kappa shape index (κ2) is 8.61. The van der Waals surface area contributed by atoms with E-state index in [0.29, 0.717) is 0 Å². The molecular formula is C10H17FN3O12P3. The summed E-state index contributed by atoms with van der Waals surface area (Å²) in [4.78, 5) is 50.9. The third kappa shape index (κ3) is 6.23. The van der Waals surface area contributed by atoms with E-state index >= 15 is 0 Å². The second-order valence-electron chi connectivity index (χ2n) is 5.78. The summed E-state index contributed by atoms with van der Waals surface area (Å²) in [5.41, 5.74) is 0.774. The molecule has 1 aliphatic heterocycles. The molecule has 0 aromatic carbocycles. The lowest BCUT2D eigenvalue weighted by atomic mass is 10.2. The van der Waals surface area contributed by atoms with Crippen LogP contribution in [0, 0.1) is 0 Å². The van der Waals surface area contributed by atoms with Gasteiger partial charge in [-0.05, 0) is 6.07 Å². The molecule has 1 aromatic rings. The Morgan fingerprint density at radius 1 is 1.34 bits per heavy atom. The van der Waals surface area contributed by atoms with Gasteiger partial charge in [-0.25, -0.2) is 18.1 Å². The van der Waals surface area contributed by atoms with Crippen molar-refractivity contribution in [2.24, 2.45) is 0 Å². The Bertz CT molecular complexity index is 951. The Morgan fingerprint density at radius 2 is 1.97 bits per heavy atom. The van der Waals surface area contributed by atoms with Crippen LogP contribution < -0.4 is 11.4 Å². The maximum Gasteiger partial charge on any atom is 0.479 e. The Kier molecular flexibility index (Phi) is 7.20. The lowest BCUT2D eigenvalue weighted by Crippen LogP contribution is -2.28. The molecule has 1 saturated heterocycles. The van der Waals surface area contributed by atoms with Crippen LogP contribution in [-0.4, -0.2) is 58.7 Å². The molecule has 1 fully saturated rings. The topological polar surface area (TPSA) is 241 Å². The van der Waals surface area contributed by atoms with Crippen molar-refractivity contribution in [2.75, 3.05) is 12.3 Å².